The standard InChI is InChI=1S/C21H25NO2/c1-3-20(24-19-10-5-4-6-11-19)21(23)22-15(2)17-13-12-16-8-7-9-18(16)14-17/h4-6,10-15,20H,3,7-9H2,1-2H3,(H,22,23). The molecule has 1 aliphatic rings. The molecular formula is C21H25NO2. The molecule has 0 bridgehead atoms. The number of carbonyl (C=O) groups excluding carboxylic acids is 1. The van der Waals surface area contributed by atoms with Crippen molar-refractivity contribution in [2.75, 3.05) is 0 Å². The molecule has 2 atom stereocenters. The Balaban J connectivity index is 1.64. The van der Waals surface area contributed by atoms with E-state index in [-0.39, 0.29) is 11.9 Å². The molecule has 0 radical (unpaired) electrons. The lowest BCUT2D eigenvalue weighted by Crippen LogP contribution is -2.39. The second-order valence-corrected chi connectivity index (χ2v) is 6.44. The van der Waals surface area contributed by atoms with Gasteiger partial charge in [-0.25, -0.2) is 0 Å². The van der Waals surface area contributed by atoms with Crippen molar-refractivity contribution < 1.29 is 9.53 Å². The fourth-order valence-corrected chi connectivity index (χ4v) is 3.24. The molecule has 2 aromatic carbocycles. The Morgan fingerprint density at radius 1 is 1.12 bits per heavy atom. The van der Waals surface area contributed by atoms with Gasteiger partial charge in [0.05, 0.1) is 6.04 Å². The van der Waals surface area contributed by atoms with E-state index in [1.165, 1.54) is 29.5 Å². The maximum absolute atomic E-state index is 12.6. The number of carbonyl (C=O) groups is 1. The van der Waals surface area contributed by atoms with Gasteiger partial charge < -0.3 is 10.1 Å². The zero-order chi connectivity index (χ0) is 16.9. The second kappa shape index (κ2) is 7.52. The van der Waals surface area contributed by atoms with Gasteiger partial charge in [-0.3, -0.25) is 4.79 Å². The van der Waals surface area contributed by atoms with E-state index < -0.39 is 6.10 Å². The van der Waals surface area contributed by atoms with E-state index in [0.717, 1.165) is 12.2 Å². The summed E-state index contributed by atoms with van der Waals surface area (Å²) in [5, 5.41) is 3.09. The van der Waals surface area contributed by atoms with E-state index in [9.17, 15) is 4.79 Å². The molecule has 0 saturated carbocycles. The molecule has 1 N–H and O–H groups in total. The van der Waals surface area contributed by atoms with Crippen LogP contribution in [0, 0.1) is 0 Å². The monoisotopic (exact) mass is 323 g/mol. The molecule has 2 unspecified atom stereocenters. The predicted molar refractivity (Wildman–Crippen MR) is 96.2 cm³/mol. The van der Waals surface area contributed by atoms with Crippen LogP contribution < -0.4 is 10.1 Å². The third-order valence-corrected chi connectivity index (χ3v) is 4.67. The Morgan fingerprint density at radius 2 is 1.88 bits per heavy atom. The summed E-state index contributed by atoms with van der Waals surface area (Å²) in [6.45, 7) is 4.00. The zero-order valence-corrected chi connectivity index (χ0v) is 14.4. The topological polar surface area (TPSA) is 38.3 Å². The zero-order valence-electron chi connectivity index (χ0n) is 14.4. The second-order valence-electron chi connectivity index (χ2n) is 6.44. The Labute approximate surface area is 144 Å². The van der Waals surface area contributed by atoms with E-state index >= 15 is 0 Å². The van der Waals surface area contributed by atoms with Gasteiger partial charge in [0.15, 0.2) is 6.10 Å². The van der Waals surface area contributed by atoms with Gasteiger partial charge in [0.25, 0.3) is 5.91 Å². The Morgan fingerprint density at radius 3 is 2.62 bits per heavy atom. The smallest absolute Gasteiger partial charge is 0.261 e. The predicted octanol–water partition coefficient (Wildman–Crippen LogP) is 4.21. The minimum Gasteiger partial charge on any atom is -0.481 e. The fourth-order valence-electron chi connectivity index (χ4n) is 3.24. The fraction of sp³-hybridized carbons (Fsp3) is 0.381. The molecule has 0 aliphatic heterocycles. The van der Waals surface area contributed by atoms with Crippen molar-refractivity contribution in [3.8, 4) is 5.75 Å². The summed E-state index contributed by atoms with van der Waals surface area (Å²) < 4.78 is 5.82. The normalized spacial score (nSPS) is 15.4. The van der Waals surface area contributed by atoms with Crippen LogP contribution >= 0.6 is 0 Å². The Bertz CT molecular complexity index is 696. The third-order valence-electron chi connectivity index (χ3n) is 4.67. The van der Waals surface area contributed by atoms with Crippen LogP contribution in [0.5, 0.6) is 5.75 Å². The van der Waals surface area contributed by atoms with Crippen LogP contribution in [0.25, 0.3) is 0 Å². The summed E-state index contributed by atoms with van der Waals surface area (Å²) >= 11 is 0. The minimum absolute atomic E-state index is 0.0168. The van der Waals surface area contributed by atoms with E-state index in [1.807, 2.05) is 44.2 Å². The quantitative estimate of drug-likeness (QED) is 0.865. The number of aryl methyl sites for hydroxylation is 2. The number of benzene rings is 2. The Hall–Kier alpha value is -2.29. The molecule has 0 heterocycles. The van der Waals surface area contributed by atoms with Crippen molar-refractivity contribution in [3.05, 3.63) is 65.2 Å². The van der Waals surface area contributed by atoms with Crippen LogP contribution in [0.4, 0.5) is 0 Å². The van der Waals surface area contributed by atoms with Gasteiger partial charge in [0.1, 0.15) is 5.75 Å². The maximum atomic E-state index is 12.6. The molecule has 3 heteroatoms. The maximum Gasteiger partial charge on any atom is 0.261 e. The number of nitrogens with one attached hydrogen (secondary N) is 1. The average Bonchev–Trinajstić information content (AvgIpc) is 3.08. The lowest BCUT2D eigenvalue weighted by molar-refractivity contribution is -0.128. The molecule has 1 amide bonds. The van der Waals surface area contributed by atoms with E-state index in [1.54, 1.807) is 0 Å². The highest BCUT2D eigenvalue weighted by molar-refractivity contribution is 5.81. The average molecular weight is 323 g/mol. The van der Waals surface area contributed by atoms with Crippen molar-refractivity contribution in [1.82, 2.24) is 5.32 Å². The van der Waals surface area contributed by atoms with Gasteiger partial charge in [-0.05, 0) is 61.4 Å². The molecule has 3 nitrogen and oxygen atoms in total. The van der Waals surface area contributed by atoms with Crippen LogP contribution in [0.3, 0.4) is 0 Å². The molecule has 2 aromatic rings. The van der Waals surface area contributed by atoms with Gasteiger partial charge in [0, 0.05) is 0 Å². The summed E-state index contributed by atoms with van der Waals surface area (Å²) in [5.74, 6) is 0.666. The first-order valence-corrected chi connectivity index (χ1v) is 8.81. The van der Waals surface area contributed by atoms with Crippen molar-refractivity contribution in [1.29, 1.82) is 0 Å². The van der Waals surface area contributed by atoms with Gasteiger partial charge in [-0.15, -0.1) is 0 Å². The highest BCUT2D eigenvalue weighted by Crippen LogP contribution is 2.25. The summed E-state index contributed by atoms with van der Waals surface area (Å²) in [5.41, 5.74) is 4.05. The van der Waals surface area contributed by atoms with Crippen LogP contribution in [-0.2, 0) is 17.6 Å². The van der Waals surface area contributed by atoms with Gasteiger partial charge in [0.2, 0.25) is 0 Å². The molecule has 0 saturated heterocycles. The number of hydrogen-bond donors (Lipinski definition) is 1. The van der Waals surface area contributed by atoms with Crippen molar-refractivity contribution in [3.63, 3.8) is 0 Å². The highest BCUT2D eigenvalue weighted by Gasteiger charge is 2.21. The lowest BCUT2D eigenvalue weighted by atomic mass is 10.0. The summed E-state index contributed by atoms with van der Waals surface area (Å²) in [7, 11) is 0. The van der Waals surface area contributed by atoms with Crippen molar-refractivity contribution in [2.24, 2.45) is 0 Å². The van der Waals surface area contributed by atoms with Gasteiger partial charge in [-0.1, -0.05) is 43.3 Å². The van der Waals surface area contributed by atoms with Crippen LogP contribution in [0.2, 0.25) is 0 Å². The Kier molecular flexibility index (Phi) is 5.19. The summed E-state index contributed by atoms with van der Waals surface area (Å²) in [6.07, 6.45) is 3.74. The number of hydrogen-bond acceptors (Lipinski definition) is 2. The summed E-state index contributed by atoms with van der Waals surface area (Å²) in [4.78, 5) is 12.6. The summed E-state index contributed by atoms with van der Waals surface area (Å²) in [6, 6.07) is 16.1. The number of fused-ring (bicyclic) bond motifs is 1. The molecule has 0 fully saturated rings. The molecule has 0 spiro atoms. The number of rotatable bonds is 6. The van der Waals surface area contributed by atoms with Gasteiger partial charge >= 0.3 is 0 Å². The number of ether oxygens (including phenoxy) is 1. The first-order chi connectivity index (χ1) is 11.7. The van der Waals surface area contributed by atoms with Crippen molar-refractivity contribution >= 4 is 5.91 Å². The molecule has 3 rings (SSSR count). The third kappa shape index (κ3) is 3.78. The van der Waals surface area contributed by atoms with E-state index in [4.69, 9.17) is 4.74 Å². The van der Waals surface area contributed by atoms with Crippen molar-refractivity contribution in [2.45, 2.75) is 51.7 Å². The molecule has 1 aliphatic carbocycles. The van der Waals surface area contributed by atoms with Crippen LogP contribution in [-0.4, -0.2) is 12.0 Å². The van der Waals surface area contributed by atoms with E-state index in [0.29, 0.717) is 6.42 Å². The molecule has 126 valence electrons. The van der Waals surface area contributed by atoms with Crippen LogP contribution in [0.1, 0.15) is 49.4 Å². The largest absolute Gasteiger partial charge is 0.481 e. The SMILES string of the molecule is CCC(Oc1ccccc1)C(=O)NC(C)c1ccc2c(c1)CCC2. The van der Waals surface area contributed by atoms with E-state index in [2.05, 4.69) is 23.5 Å². The molecular weight excluding hydrogens is 298 g/mol. The highest BCUT2D eigenvalue weighted by atomic mass is 16.5. The number of amides is 1. The lowest BCUT2D eigenvalue weighted by Gasteiger charge is -2.21. The van der Waals surface area contributed by atoms with Crippen LogP contribution in [0.15, 0.2) is 48.5 Å². The molecule has 24 heavy (non-hydrogen) atoms. The molecule has 0 aromatic heterocycles. The van der Waals surface area contributed by atoms with Gasteiger partial charge in [-0.2, -0.15) is 0 Å². The first kappa shape index (κ1) is 16.6. The number of para-hydroxylation sites is 1. The first-order valence-electron chi connectivity index (χ1n) is 8.81. The minimum atomic E-state index is -0.468.